The van der Waals surface area contributed by atoms with Crippen LogP contribution in [0, 0.1) is 0 Å². The summed E-state index contributed by atoms with van der Waals surface area (Å²) in [6.07, 6.45) is 2.94. The van der Waals surface area contributed by atoms with Crippen molar-refractivity contribution in [2.24, 2.45) is 0 Å². The van der Waals surface area contributed by atoms with Gasteiger partial charge in [-0.05, 0) is 43.2 Å². The van der Waals surface area contributed by atoms with Crippen molar-refractivity contribution in [3.8, 4) is 17.0 Å². The van der Waals surface area contributed by atoms with Gasteiger partial charge in [-0.3, -0.25) is 0 Å². The number of sulfonamides is 1. The molecule has 116 valence electrons. The zero-order chi connectivity index (χ0) is 15.6. The summed E-state index contributed by atoms with van der Waals surface area (Å²) in [5, 5.41) is -0.226. The molecule has 0 radical (unpaired) electrons. The molecule has 1 aliphatic rings. The predicted molar refractivity (Wildman–Crippen MR) is 82.8 cm³/mol. The van der Waals surface area contributed by atoms with Crippen molar-refractivity contribution in [1.29, 1.82) is 0 Å². The molecule has 6 nitrogen and oxygen atoms in total. The highest BCUT2D eigenvalue weighted by atomic mass is 32.2. The Morgan fingerprint density at radius 1 is 1.23 bits per heavy atom. The Hall–Kier alpha value is -1.99. The number of methoxy groups -OCH3 is 1. The van der Waals surface area contributed by atoms with E-state index in [0.717, 1.165) is 29.8 Å². The van der Waals surface area contributed by atoms with E-state index in [1.54, 1.807) is 13.2 Å². The second-order valence-electron chi connectivity index (χ2n) is 5.19. The first-order chi connectivity index (χ1) is 10.6. The lowest BCUT2D eigenvalue weighted by atomic mass is 10.1. The minimum Gasteiger partial charge on any atom is -0.497 e. The lowest BCUT2D eigenvalue weighted by Gasteiger charge is -2.07. The van der Waals surface area contributed by atoms with Crippen molar-refractivity contribution in [1.82, 2.24) is 14.7 Å². The van der Waals surface area contributed by atoms with Crippen LogP contribution in [-0.4, -0.2) is 30.7 Å². The van der Waals surface area contributed by atoms with Gasteiger partial charge in [-0.15, -0.1) is 0 Å². The fraction of sp³-hybridized carbons (Fsp3) is 0.333. The molecule has 1 fully saturated rings. The first kappa shape index (κ1) is 14.9. The average molecular weight is 319 g/mol. The van der Waals surface area contributed by atoms with Crippen molar-refractivity contribution in [2.75, 3.05) is 7.11 Å². The van der Waals surface area contributed by atoms with E-state index in [9.17, 15) is 8.42 Å². The van der Waals surface area contributed by atoms with Gasteiger partial charge >= 0.3 is 0 Å². The maximum atomic E-state index is 11.8. The number of nitrogens with zero attached hydrogens (tertiary/aromatic N) is 2. The van der Waals surface area contributed by atoms with Crippen LogP contribution in [0.4, 0.5) is 0 Å². The maximum absolute atomic E-state index is 11.8. The minimum atomic E-state index is -3.20. The van der Waals surface area contributed by atoms with E-state index in [1.807, 2.05) is 24.3 Å². The van der Waals surface area contributed by atoms with Crippen LogP contribution in [0.1, 0.15) is 18.5 Å². The number of nitrogens with one attached hydrogen (secondary N) is 1. The van der Waals surface area contributed by atoms with E-state index >= 15 is 0 Å². The van der Waals surface area contributed by atoms with Gasteiger partial charge in [0.1, 0.15) is 12.1 Å². The standard InChI is InChI=1S/C15H17N3O3S/c1-21-13-4-2-11(3-5-13)15-8-12(16-10-17-15)9-18-22(19,20)14-6-7-14/h2-5,8,10,14,18H,6-7,9H2,1H3. The molecule has 1 aliphatic carbocycles. The third-order valence-corrected chi connectivity index (χ3v) is 5.42. The highest BCUT2D eigenvalue weighted by Crippen LogP contribution is 2.27. The molecule has 1 aromatic carbocycles. The molecule has 2 aromatic rings. The molecule has 0 bridgehead atoms. The second-order valence-corrected chi connectivity index (χ2v) is 7.23. The second kappa shape index (κ2) is 6.02. The Morgan fingerprint density at radius 3 is 2.59 bits per heavy atom. The van der Waals surface area contributed by atoms with E-state index in [2.05, 4.69) is 14.7 Å². The lowest BCUT2D eigenvalue weighted by Crippen LogP contribution is -2.27. The Kier molecular flexibility index (Phi) is 4.08. The lowest BCUT2D eigenvalue weighted by molar-refractivity contribution is 0.415. The molecule has 22 heavy (non-hydrogen) atoms. The minimum absolute atomic E-state index is 0.185. The van der Waals surface area contributed by atoms with E-state index in [-0.39, 0.29) is 11.8 Å². The SMILES string of the molecule is COc1ccc(-c2cc(CNS(=O)(=O)C3CC3)ncn2)cc1. The average Bonchev–Trinajstić information content (AvgIpc) is 3.39. The summed E-state index contributed by atoms with van der Waals surface area (Å²) < 4.78 is 31.4. The Balaban J connectivity index is 1.74. The third kappa shape index (κ3) is 3.42. The molecule has 1 heterocycles. The number of ether oxygens (including phenoxy) is 1. The molecule has 1 N–H and O–H groups in total. The van der Waals surface area contributed by atoms with Crippen molar-refractivity contribution < 1.29 is 13.2 Å². The molecule has 0 saturated heterocycles. The zero-order valence-corrected chi connectivity index (χ0v) is 13.0. The van der Waals surface area contributed by atoms with Gasteiger partial charge in [0, 0.05) is 5.56 Å². The van der Waals surface area contributed by atoms with Gasteiger partial charge in [0.2, 0.25) is 10.0 Å². The van der Waals surface area contributed by atoms with Gasteiger partial charge in [0.15, 0.2) is 0 Å². The highest BCUT2D eigenvalue weighted by Gasteiger charge is 2.35. The molecular weight excluding hydrogens is 302 g/mol. The summed E-state index contributed by atoms with van der Waals surface area (Å²) in [5.74, 6) is 0.773. The van der Waals surface area contributed by atoms with Crippen LogP contribution in [0.3, 0.4) is 0 Å². The Morgan fingerprint density at radius 2 is 1.95 bits per heavy atom. The number of hydrogen-bond donors (Lipinski definition) is 1. The molecule has 0 amide bonds. The van der Waals surface area contributed by atoms with E-state index in [0.29, 0.717) is 5.69 Å². The summed E-state index contributed by atoms with van der Waals surface area (Å²) in [6, 6.07) is 9.30. The van der Waals surface area contributed by atoms with Crippen molar-refractivity contribution in [2.45, 2.75) is 24.6 Å². The summed E-state index contributed by atoms with van der Waals surface area (Å²) in [7, 11) is -1.58. The van der Waals surface area contributed by atoms with Crippen molar-refractivity contribution in [3.63, 3.8) is 0 Å². The van der Waals surface area contributed by atoms with Crippen molar-refractivity contribution in [3.05, 3.63) is 42.4 Å². The molecule has 1 aromatic heterocycles. The summed E-state index contributed by atoms with van der Waals surface area (Å²) in [4.78, 5) is 8.35. The molecule has 0 unspecified atom stereocenters. The van der Waals surface area contributed by atoms with Crippen LogP contribution >= 0.6 is 0 Å². The number of rotatable bonds is 6. The van der Waals surface area contributed by atoms with Crippen LogP contribution in [0.15, 0.2) is 36.7 Å². The number of benzene rings is 1. The summed E-state index contributed by atoms with van der Waals surface area (Å²) in [5.41, 5.74) is 2.32. The number of hydrogen-bond acceptors (Lipinski definition) is 5. The molecule has 1 saturated carbocycles. The first-order valence-corrected chi connectivity index (χ1v) is 8.57. The van der Waals surface area contributed by atoms with Crippen LogP contribution < -0.4 is 9.46 Å². The van der Waals surface area contributed by atoms with Gasteiger partial charge in [0.05, 0.1) is 30.3 Å². The first-order valence-electron chi connectivity index (χ1n) is 7.02. The molecule has 0 spiro atoms. The van der Waals surface area contributed by atoms with Crippen LogP contribution in [0.5, 0.6) is 5.75 Å². The van der Waals surface area contributed by atoms with Crippen molar-refractivity contribution >= 4 is 10.0 Å². The summed E-state index contributed by atoms with van der Waals surface area (Å²) >= 11 is 0. The third-order valence-electron chi connectivity index (χ3n) is 3.53. The fourth-order valence-electron chi connectivity index (χ4n) is 2.08. The Labute approximate surface area is 129 Å². The normalized spacial score (nSPS) is 14.8. The highest BCUT2D eigenvalue weighted by molar-refractivity contribution is 7.90. The van der Waals surface area contributed by atoms with Crippen LogP contribution in [0.25, 0.3) is 11.3 Å². The van der Waals surface area contributed by atoms with Gasteiger partial charge in [0.25, 0.3) is 0 Å². The molecule has 0 aliphatic heterocycles. The number of aromatic nitrogens is 2. The topological polar surface area (TPSA) is 81.2 Å². The van der Waals surface area contributed by atoms with E-state index in [4.69, 9.17) is 4.74 Å². The predicted octanol–water partition coefficient (Wildman–Crippen LogP) is 1.73. The van der Waals surface area contributed by atoms with Crippen LogP contribution in [0.2, 0.25) is 0 Å². The molecule has 3 rings (SSSR count). The maximum Gasteiger partial charge on any atom is 0.214 e. The van der Waals surface area contributed by atoms with Gasteiger partial charge in [-0.1, -0.05) is 0 Å². The van der Waals surface area contributed by atoms with Crippen LogP contribution in [-0.2, 0) is 16.6 Å². The monoisotopic (exact) mass is 319 g/mol. The van der Waals surface area contributed by atoms with Gasteiger partial charge in [-0.2, -0.15) is 0 Å². The van der Waals surface area contributed by atoms with Gasteiger partial charge < -0.3 is 4.74 Å². The van der Waals surface area contributed by atoms with E-state index in [1.165, 1.54) is 6.33 Å². The zero-order valence-electron chi connectivity index (χ0n) is 12.2. The van der Waals surface area contributed by atoms with E-state index < -0.39 is 10.0 Å². The molecule has 7 heteroatoms. The summed E-state index contributed by atoms with van der Waals surface area (Å²) in [6.45, 7) is 0.185. The quantitative estimate of drug-likeness (QED) is 0.877. The Bertz CT molecular complexity index is 756. The largest absolute Gasteiger partial charge is 0.497 e. The molecular formula is C15H17N3O3S. The molecule has 0 atom stereocenters. The van der Waals surface area contributed by atoms with Gasteiger partial charge in [-0.25, -0.2) is 23.1 Å². The smallest absolute Gasteiger partial charge is 0.214 e. The fourth-order valence-corrected chi connectivity index (χ4v) is 3.43.